The molecule has 0 N–H and O–H groups in total. The lowest BCUT2D eigenvalue weighted by Gasteiger charge is -2.29. The Labute approximate surface area is 99.8 Å². The van der Waals surface area contributed by atoms with Crippen molar-refractivity contribution in [2.75, 3.05) is 20.1 Å². The molecule has 1 rings (SSSR count). The van der Waals surface area contributed by atoms with Crippen molar-refractivity contribution in [2.24, 2.45) is 5.92 Å². The van der Waals surface area contributed by atoms with Crippen molar-refractivity contribution in [2.45, 2.75) is 46.1 Å². The number of rotatable bonds is 7. The molecular formula is C11H24N2O2S. The average molecular weight is 248 g/mol. The molecule has 4 nitrogen and oxygen atoms in total. The Balaban J connectivity index is 2.73. The fraction of sp³-hybridized carbons (Fsp3) is 1.00. The molecule has 0 aromatic carbocycles. The van der Waals surface area contributed by atoms with Crippen LogP contribution >= 0.6 is 0 Å². The molecule has 0 aliphatic heterocycles. The Hall–Kier alpha value is -0.130. The smallest absolute Gasteiger partial charge is 0.195 e. The molecule has 0 unspecified atom stereocenters. The van der Waals surface area contributed by atoms with E-state index >= 15 is 0 Å². The van der Waals surface area contributed by atoms with Crippen LogP contribution in [0.5, 0.6) is 0 Å². The van der Waals surface area contributed by atoms with Crippen LogP contribution < -0.4 is 0 Å². The fourth-order valence-electron chi connectivity index (χ4n) is 1.59. The van der Waals surface area contributed by atoms with Gasteiger partial charge in [0.2, 0.25) is 0 Å². The Morgan fingerprint density at radius 2 is 1.88 bits per heavy atom. The second-order valence-electron chi connectivity index (χ2n) is 4.92. The van der Waals surface area contributed by atoms with Crippen LogP contribution in [-0.4, -0.2) is 43.2 Å². The van der Waals surface area contributed by atoms with Crippen LogP contribution in [0.2, 0.25) is 0 Å². The van der Waals surface area contributed by atoms with E-state index in [0.717, 1.165) is 6.42 Å². The predicted molar refractivity (Wildman–Crippen MR) is 66.4 cm³/mol. The predicted octanol–water partition coefficient (Wildman–Crippen LogP) is 1.69. The Morgan fingerprint density at radius 3 is 2.25 bits per heavy atom. The van der Waals surface area contributed by atoms with E-state index in [1.807, 2.05) is 20.8 Å². The lowest BCUT2D eigenvalue weighted by molar-refractivity contribution is 0.327. The molecule has 0 saturated heterocycles. The van der Waals surface area contributed by atoms with Crippen LogP contribution in [0.25, 0.3) is 0 Å². The van der Waals surface area contributed by atoms with Gasteiger partial charge in [-0.15, -0.1) is 0 Å². The molecule has 16 heavy (non-hydrogen) atoms. The van der Waals surface area contributed by atoms with Crippen molar-refractivity contribution in [3.63, 3.8) is 0 Å². The van der Waals surface area contributed by atoms with E-state index in [1.165, 1.54) is 17.1 Å². The SMILES string of the molecule is CCCN(CC1CC1)S(=O)(=O)N(C)C(C)C. The summed E-state index contributed by atoms with van der Waals surface area (Å²) in [4.78, 5) is 0. The summed E-state index contributed by atoms with van der Waals surface area (Å²) in [6, 6.07) is 0.0172. The van der Waals surface area contributed by atoms with Crippen molar-refractivity contribution in [1.82, 2.24) is 8.61 Å². The molecule has 5 heteroatoms. The minimum atomic E-state index is -3.25. The third-order valence-electron chi connectivity index (χ3n) is 3.05. The van der Waals surface area contributed by atoms with Gasteiger partial charge in [0.05, 0.1) is 0 Å². The minimum Gasteiger partial charge on any atom is -0.195 e. The summed E-state index contributed by atoms with van der Waals surface area (Å²) in [5.74, 6) is 0.599. The maximum atomic E-state index is 12.3. The maximum Gasteiger partial charge on any atom is 0.281 e. The topological polar surface area (TPSA) is 40.6 Å². The monoisotopic (exact) mass is 248 g/mol. The van der Waals surface area contributed by atoms with Crippen LogP contribution in [0, 0.1) is 5.92 Å². The zero-order chi connectivity index (χ0) is 12.3. The van der Waals surface area contributed by atoms with Crippen molar-refractivity contribution >= 4 is 10.2 Å². The van der Waals surface area contributed by atoms with Crippen LogP contribution in [-0.2, 0) is 10.2 Å². The average Bonchev–Trinajstić information content (AvgIpc) is 2.99. The van der Waals surface area contributed by atoms with Gasteiger partial charge >= 0.3 is 0 Å². The van der Waals surface area contributed by atoms with Gasteiger partial charge in [-0.2, -0.15) is 17.0 Å². The summed E-state index contributed by atoms with van der Waals surface area (Å²) in [6.07, 6.45) is 3.24. The van der Waals surface area contributed by atoms with Crippen molar-refractivity contribution in [3.8, 4) is 0 Å². The van der Waals surface area contributed by atoms with Gasteiger partial charge < -0.3 is 0 Å². The maximum absolute atomic E-state index is 12.3. The first-order valence-electron chi connectivity index (χ1n) is 6.12. The van der Waals surface area contributed by atoms with E-state index in [2.05, 4.69) is 0 Å². The number of hydrogen-bond acceptors (Lipinski definition) is 2. The molecule has 1 aliphatic carbocycles. The van der Waals surface area contributed by atoms with Gasteiger partial charge in [-0.3, -0.25) is 0 Å². The molecule has 1 saturated carbocycles. The van der Waals surface area contributed by atoms with Crippen LogP contribution in [0.3, 0.4) is 0 Å². The highest BCUT2D eigenvalue weighted by Gasteiger charge is 2.33. The summed E-state index contributed by atoms with van der Waals surface area (Å²) in [5, 5.41) is 0. The molecule has 0 atom stereocenters. The van der Waals surface area contributed by atoms with Crippen molar-refractivity contribution in [1.29, 1.82) is 0 Å². The molecule has 96 valence electrons. The summed E-state index contributed by atoms with van der Waals surface area (Å²) in [6.45, 7) is 7.16. The fourth-order valence-corrected chi connectivity index (χ4v) is 3.30. The van der Waals surface area contributed by atoms with Crippen molar-refractivity contribution < 1.29 is 8.42 Å². The molecule has 0 radical (unpaired) electrons. The zero-order valence-electron chi connectivity index (χ0n) is 10.8. The van der Waals surface area contributed by atoms with E-state index in [1.54, 1.807) is 11.4 Å². The highest BCUT2D eigenvalue weighted by atomic mass is 32.2. The van der Waals surface area contributed by atoms with Gasteiger partial charge in [0.1, 0.15) is 0 Å². The van der Waals surface area contributed by atoms with Gasteiger partial charge in [-0.05, 0) is 39.0 Å². The highest BCUT2D eigenvalue weighted by molar-refractivity contribution is 7.86. The normalized spacial score (nSPS) is 17.7. The first kappa shape index (κ1) is 13.9. The Kier molecular flexibility index (Phi) is 4.76. The minimum absolute atomic E-state index is 0.0172. The van der Waals surface area contributed by atoms with E-state index in [0.29, 0.717) is 19.0 Å². The van der Waals surface area contributed by atoms with Gasteiger partial charge in [0.15, 0.2) is 0 Å². The molecule has 0 amide bonds. The van der Waals surface area contributed by atoms with E-state index in [9.17, 15) is 8.42 Å². The summed E-state index contributed by atoms with van der Waals surface area (Å²) >= 11 is 0. The van der Waals surface area contributed by atoms with E-state index < -0.39 is 10.2 Å². The third kappa shape index (κ3) is 3.43. The number of nitrogens with zero attached hydrogens (tertiary/aromatic N) is 2. The first-order chi connectivity index (χ1) is 7.39. The Morgan fingerprint density at radius 1 is 1.31 bits per heavy atom. The van der Waals surface area contributed by atoms with Crippen LogP contribution in [0.15, 0.2) is 0 Å². The van der Waals surface area contributed by atoms with Gasteiger partial charge in [-0.1, -0.05) is 6.92 Å². The number of hydrogen-bond donors (Lipinski definition) is 0. The summed E-state index contributed by atoms with van der Waals surface area (Å²) < 4.78 is 27.7. The second kappa shape index (κ2) is 5.47. The van der Waals surface area contributed by atoms with Gasteiger partial charge in [0.25, 0.3) is 10.2 Å². The zero-order valence-corrected chi connectivity index (χ0v) is 11.6. The first-order valence-corrected chi connectivity index (χ1v) is 7.52. The molecule has 0 aromatic rings. The van der Waals surface area contributed by atoms with Gasteiger partial charge in [-0.25, -0.2) is 0 Å². The largest absolute Gasteiger partial charge is 0.281 e. The quantitative estimate of drug-likeness (QED) is 0.688. The van der Waals surface area contributed by atoms with E-state index in [4.69, 9.17) is 0 Å². The molecule has 0 heterocycles. The summed E-state index contributed by atoms with van der Waals surface area (Å²) in [7, 11) is -1.59. The lowest BCUT2D eigenvalue weighted by Crippen LogP contribution is -2.45. The molecule has 1 fully saturated rings. The molecular weight excluding hydrogens is 224 g/mol. The summed E-state index contributed by atoms with van der Waals surface area (Å²) in [5.41, 5.74) is 0. The highest BCUT2D eigenvalue weighted by Crippen LogP contribution is 2.31. The lowest BCUT2D eigenvalue weighted by atomic mass is 10.4. The van der Waals surface area contributed by atoms with Gasteiger partial charge in [0, 0.05) is 26.2 Å². The van der Waals surface area contributed by atoms with E-state index in [-0.39, 0.29) is 6.04 Å². The molecule has 1 aliphatic rings. The third-order valence-corrected chi connectivity index (χ3v) is 5.18. The molecule has 0 bridgehead atoms. The second-order valence-corrected chi connectivity index (χ2v) is 6.91. The standard InChI is InChI=1S/C11H24N2O2S/c1-5-8-13(9-11-6-7-11)16(14,15)12(4)10(2)3/h10-11H,5-9H2,1-4H3. The molecule has 0 spiro atoms. The Bertz CT molecular complexity index is 310. The molecule has 0 aromatic heterocycles. The van der Waals surface area contributed by atoms with Crippen molar-refractivity contribution in [3.05, 3.63) is 0 Å². The van der Waals surface area contributed by atoms with Crippen LogP contribution in [0.4, 0.5) is 0 Å². The van der Waals surface area contributed by atoms with Crippen LogP contribution in [0.1, 0.15) is 40.0 Å².